The molecule has 7 nitrogen and oxygen atoms in total. The topological polar surface area (TPSA) is 92.4 Å². The second-order valence-electron chi connectivity index (χ2n) is 5.18. The van der Waals surface area contributed by atoms with Gasteiger partial charge in [0.2, 0.25) is 5.88 Å². The van der Waals surface area contributed by atoms with E-state index in [-0.39, 0.29) is 5.91 Å². The van der Waals surface area contributed by atoms with Crippen LogP contribution in [0.1, 0.15) is 9.67 Å². The lowest BCUT2D eigenvalue weighted by molar-refractivity contribution is 0.103. The molecular formula is C18H16N4O3S. The summed E-state index contributed by atoms with van der Waals surface area (Å²) in [6.07, 6.45) is 1.50. The van der Waals surface area contributed by atoms with Gasteiger partial charge in [-0.25, -0.2) is 9.78 Å². The predicted molar refractivity (Wildman–Crippen MR) is 102 cm³/mol. The number of aromatic nitrogens is 1. The summed E-state index contributed by atoms with van der Waals surface area (Å²) in [5, 5.41) is 10.0. The van der Waals surface area contributed by atoms with Crippen LogP contribution in [0.2, 0.25) is 0 Å². The summed E-state index contributed by atoms with van der Waals surface area (Å²) in [4.78, 5) is 28.6. The maximum absolute atomic E-state index is 12.0. The molecule has 26 heavy (non-hydrogen) atoms. The number of nitrogens with zero attached hydrogens (tertiary/aromatic N) is 1. The van der Waals surface area contributed by atoms with Gasteiger partial charge >= 0.3 is 6.03 Å². The van der Waals surface area contributed by atoms with Gasteiger partial charge in [0.1, 0.15) is 0 Å². The number of methoxy groups -OCH3 is 1. The molecule has 0 aliphatic rings. The standard InChI is InChI=1S/C18H16N4O3S/c1-25-16-9-8-14(11-19-16)22-18(24)21-13-6-4-12(5-7-13)20-17(23)15-3-2-10-26-15/h2-11H,1H3,(H,20,23)(H2,21,22,24). The van der Waals surface area contributed by atoms with Crippen molar-refractivity contribution in [2.24, 2.45) is 0 Å². The molecule has 0 atom stereocenters. The van der Waals surface area contributed by atoms with Crippen molar-refractivity contribution in [1.29, 1.82) is 0 Å². The Morgan fingerprint density at radius 1 is 0.923 bits per heavy atom. The van der Waals surface area contributed by atoms with Gasteiger partial charge in [0.05, 0.1) is 23.9 Å². The maximum atomic E-state index is 12.0. The minimum Gasteiger partial charge on any atom is -0.481 e. The number of thiophene rings is 1. The number of hydrogen-bond acceptors (Lipinski definition) is 5. The Hall–Kier alpha value is -3.39. The van der Waals surface area contributed by atoms with Crippen molar-refractivity contribution in [2.75, 3.05) is 23.1 Å². The van der Waals surface area contributed by atoms with Crippen LogP contribution in [0.25, 0.3) is 0 Å². The number of rotatable bonds is 5. The van der Waals surface area contributed by atoms with Gasteiger partial charge in [-0.1, -0.05) is 6.07 Å². The van der Waals surface area contributed by atoms with Gasteiger partial charge in [0.15, 0.2) is 0 Å². The van der Waals surface area contributed by atoms with Crippen molar-refractivity contribution >= 4 is 40.3 Å². The summed E-state index contributed by atoms with van der Waals surface area (Å²) in [6, 6.07) is 13.4. The average molecular weight is 368 g/mol. The van der Waals surface area contributed by atoms with Crippen LogP contribution in [0.4, 0.5) is 21.9 Å². The summed E-state index contributed by atoms with van der Waals surface area (Å²) in [6.45, 7) is 0. The summed E-state index contributed by atoms with van der Waals surface area (Å²) < 4.78 is 4.96. The van der Waals surface area contributed by atoms with Crippen molar-refractivity contribution < 1.29 is 14.3 Å². The third-order valence-corrected chi connectivity index (χ3v) is 4.22. The zero-order chi connectivity index (χ0) is 18.4. The van der Waals surface area contributed by atoms with E-state index in [4.69, 9.17) is 4.74 Å². The highest BCUT2D eigenvalue weighted by Crippen LogP contribution is 2.17. The van der Waals surface area contributed by atoms with Crippen LogP contribution in [0, 0.1) is 0 Å². The Balaban J connectivity index is 1.54. The smallest absolute Gasteiger partial charge is 0.323 e. The molecule has 2 aromatic heterocycles. The molecule has 0 radical (unpaired) electrons. The third-order valence-electron chi connectivity index (χ3n) is 3.35. The number of amides is 3. The Morgan fingerprint density at radius 3 is 2.15 bits per heavy atom. The van der Waals surface area contributed by atoms with E-state index in [1.165, 1.54) is 24.6 Å². The minimum atomic E-state index is -0.396. The van der Waals surface area contributed by atoms with Crippen LogP contribution in [0.3, 0.4) is 0 Å². The number of ether oxygens (including phenoxy) is 1. The number of hydrogen-bond donors (Lipinski definition) is 3. The Bertz CT molecular complexity index is 878. The normalized spacial score (nSPS) is 10.0. The molecule has 0 saturated heterocycles. The third kappa shape index (κ3) is 4.58. The Labute approximate surface area is 154 Å². The predicted octanol–water partition coefficient (Wildman–Crippen LogP) is 4.05. The molecule has 0 saturated carbocycles. The first kappa shape index (κ1) is 17.4. The molecule has 3 N–H and O–H groups in total. The SMILES string of the molecule is COc1ccc(NC(=O)Nc2ccc(NC(=O)c3cccs3)cc2)cn1. The first-order valence-corrected chi connectivity index (χ1v) is 8.55. The highest BCUT2D eigenvalue weighted by molar-refractivity contribution is 7.12. The second kappa shape index (κ2) is 8.13. The zero-order valence-electron chi connectivity index (χ0n) is 13.9. The van der Waals surface area contributed by atoms with E-state index in [1.807, 2.05) is 11.4 Å². The van der Waals surface area contributed by atoms with Crippen LogP contribution < -0.4 is 20.7 Å². The Morgan fingerprint density at radius 2 is 1.58 bits per heavy atom. The molecule has 2 heterocycles. The van der Waals surface area contributed by atoms with Crippen molar-refractivity contribution in [2.45, 2.75) is 0 Å². The summed E-state index contributed by atoms with van der Waals surface area (Å²) >= 11 is 1.37. The zero-order valence-corrected chi connectivity index (χ0v) is 14.7. The molecule has 132 valence electrons. The Kier molecular flexibility index (Phi) is 5.45. The van der Waals surface area contributed by atoms with Crippen molar-refractivity contribution in [3.05, 3.63) is 65.0 Å². The molecule has 3 rings (SSSR count). The number of anilines is 3. The summed E-state index contributed by atoms with van der Waals surface area (Å²) in [5.41, 5.74) is 1.79. The largest absolute Gasteiger partial charge is 0.481 e. The molecule has 0 aliphatic carbocycles. The van der Waals surface area contributed by atoms with Gasteiger partial charge in [-0.15, -0.1) is 11.3 Å². The summed E-state index contributed by atoms with van der Waals surface area (Å²) in [5.74, 6) is 0.307. The fourth-order valence-corrected chi connectivity index (χ4v) is 2.72. The van der Waals surface area contributed by atoms with E-state index in [1.54, 1.807) is 42.5 Å². The maximum Gasteiger partial charge on any atom is 0.323 e. The highest BCUT2D eigenvalue weighted by Gasteiger charge is 2.07. The quantitative estimate of drug-likeness (QED) is 0.633. The van der Waals surface area contributed by atoms with Crippen LogP contribution in [-0.4, -0.2) is 24.0 Å². The lowest BCUT2D eigenvalue weighted by atomic mass is 10.2. The number of urea groups is 1. The number of benzene rings is 1. The molecular weight excluding hydrogens is 352 g/mol. The van der Waals surface area contributed by atoms with E-state index in [2.05, 4.69) is 20.9 Å². The van der Waals surface area contributed by atoms with E-state index >= 15 is 0 Å². The molecule has 3 amide bonds. The molecule has 0 fully saturated rings. The number of nitrogens with one attached hydrogen (secondary N) is 3. The van der Waals surface area contributed by atoms with Crippen LogP contribution >= 0.6 is 11.3 Å². The van der Waals surface area contributed by atoms with Gasteiger partial charge < -0.3 is 20.7 Å². The molecule has 8 heteroatoms. The van der Waals surface area contributed by atoms with E-state index in [0.717, 1.165) is 0 Å². The highest BCUT2D eigenvalue weighted by atomic mass is 32.1. The van der Waals surface area contributed by atoms with Crippen LogP contribution in [0.15, 0.2) is 60.1 Å². The fraction of sp³-hybridized carbons (Fsp3) is 0.0556. The molecule has 1 aromatic carbocycles. The fourth-order valence-electron chi connectivity index (χ4n) is 2.11. The van der Waals surface area contributed by atoms with Gasteiger partial charge in [-0.05, 0) is 41.8 Å². The van der Waals surface area contributed by atoms with E-state index in [9.17, 15) is 9.59 Å². The van der Waals surface area contributed by atoms with Gasteiger partial charge in [0.25, 0.3) is 5.91 Å². The van der Waals surface area contributed by atoms with Gasteiger partial charge in [-0.3, -0.25) is 4.79 Å². The monoisotopic (exact) mass is 368 g/mol. The number of carbonyl (C=O) groups is 2. The molecule has 0 aliphatic heterocycles. The van der Waals surface area contributed by atoms with Crippen molar-refractivity contribution in [3.8, 4) is 5.88 Å². The minimum absolute atomic E-state index is 0.162. The average Bonchev–Trinajstić information content (AvgIpc) is 3.19. The van der Waals surface area contributed by atoms with Gasteiger partial charge in [-0.2, -0.15) is 0 Å². The van der Waals surface area contributed by atoms with E-state index < -0.39 is 6.03 Å². The number of carbonyl (C=O) groups excluding carboxylic acids is 2. The van der Waals surface area contributed by atoms with Gasteiger partial charge in [0, 0.05) is 17.4 Å². The molecule has 3 aromatic rings. The molecule has 0 bridgehead atoms. The first-order chi connectivity index (χ1) is 12.6. The lowest BCUT2D eigenvalue weighted by Crippen LogP contribution is -2.19. The van der Waals surface area contributed by atoms with Crippen LogP contribution in [-0.2, 0) is 0 Å². The molecule has 0 unspecified atom stereocenters. The van der Waals surface area contributed by atoms with Crippen LogP contribution in [0.5, 0.6) is 5.88 Å². The number of pyridine rings is 1. The summed E-state index contributed by atoms with van der Waals surface area (Å²) in [7, 11) is 1.52. The first-order valence-electron chi connectivity index (χ1n) is 7.67. The van der Waals surface area contributed by atoms with Crippen molar-refractivity contribution in [3.63, 3.8) is 0 Å². The van der Waals surface area contributed by atoms with Crippen molar-refractivity contribution in [1.82, 2.24) is 4.98 Å². The lowest BCUT2D eigenvalue weighted by Gasteiger charge is -2.09. The van der Waals surface area contributed by atoms with E-state index in [0.29, 0.717) is 27.8 Å². The second-order valence-corrected chi connectivity index (χ2v) is 6.12. The molecule has 0 spiro atoms.